The summed E-state index contributed by atoms with van der Waals surface area (Å²) in [6, 6.07) is 5.37. The average molecular weight is 434 g/mol. The number of aryl methyl sites for hydroxylation is 1. The average Bonchev–Trinajstić information content (AvgIpc) is 2.70. The highest BCUT2D eigenvalue weighted by Gasteiger charge is 2.28. The molecule has 0 saturated heterocycles. The number of unbranched alkanes of at least 4 members (excludes halogenated alkanes) is 1. The lowest BCUT2D eigenvalue weighted by atomic mass is 10.0. The largest absolute Gasteiger partial charge is 0.352 e. The highest BCUT2D eigenvalue weighted by atomic mass is 16.2. The van der Waals surface area contributed by atoms with Gasteiger partial charge in [-0.25, -0.2) is 4.79 Å². The van der Waals surface area contributed by atoms with Crippen LogP contribution in [0, 0.1) is 5.92 Å². The van der Waals surface area contributed by atoms with Gasteiger partial charge in [0.1, 0.15) is 12.1 Å². The SMILES string of the molecule is CCc1ccc(NC(=O)[C@H](CCCCNC(N)=O)NC(=O)C(NC(C)=O)C(C)C)cc1. The van der Waals surface area contributed by atoms with Crippen molar-refractivity contribution in [2.75, 3.05) is 11.9 Å². The Balaban J connectivity index is 2.84. The van der Waals surface area contributed by atoms with Gasteiger partial charge in [0.2, 0.25) is 17.7 Å². The Hall–Kier alpha value is -3.10. The number of anilines is 1. The standard InChI is InChI=1S/C22H35N5O4/c1-5-16-9-11-17(12-10-16)26-20(29)18(8-6-7-13-24-22(23)31)27-21(30)19(14(2)3)25-15(4)28/h9-12,14,18-19H,5-8,13H2,1-4H3,(H,25,28)(H,26,29)(H,27,30)(H3,23,24,31)/t18-,19?/m0/s1. The molecule has 0 bridgehead atoms. The predicted molar refractivity (Wildman–Crippen MR) is 120 cm³/mol. The van der Waals surface area contributed by atoms with Crippen molar-refractivity contribution in [3.63, 3.8) is 0 Å². The summed E-state index contributed by atoms with van der Waals surface area (Å²) in [6.07, 6.45) is 2.45. The third-order valence-electron chi connectivity index (χ3n) is 4.79. The van der Waals surface area contributed by atoms with Crippen molar-refractivity contribution in [3.8, 4) is 0 Å². The fourth-order valence-corrected chi connectivity index (χ4v) is 3.02. The number of urea groups is 1. The van der Waals surface area contributed by atoms with E-state index in [9.17, 15) is 19.2 Å². The van der Waals surface area contributed by atoms with Crippen LogP contribution in [-0.4, -0.2) is 42.4 Å². The Morgan fingerprint density at radius 3 is 2.13 bits per heavy atom. The summed E-state index contributed by atoms with van der Waals surface area (Å²) < 4.78 is 0. The third-order valence-corrected chi connectivity index (χ3v) is 4.79. The molecule has 5 amide bonds. The molecular weight excluding hydrogens is 398 g/mol. The van der Waals surface area contributed by atoms with E-state index in [0.717, 1.165) is 12.0 Å². The first-order chi connectivity index (χ1) is 14.6. The van der Waals surface area contributed by atoms with Crippen LogP contribution < -0.4 is 27.0 Å². The lowest BCUT2D eigenvalue weighted by Crippen LogP contribution is -2.54. The maximum Gasteiger partial charge on any atom is 0.312 e. The number of rotatable bonds is 12. The minimum Gasteiger partial charge on any atom is -0.352 e. The van der Waals surface area contributed by atoms with Gasteiger partial charge in [0, 0.05) is 19.2 Å². The molecule has 0 aromatic heterocycles. The molecule has 6 N–H and O–H groups in total. The molecule has 0 aliphatic rings. The Bertz CT molecular complexity index is 749. The summed E-state index contributed by atoms with van der Waals surface area (Å²) in [5.41, 5.74) is 6.84. The van der Waals surface area contributed by atoms with E-state index in [4.69, 9.17) is 5.73 Å². The lowest BCUT2D eigenvalue weighted by Gasteiger charge is -2.25. The van der Waals surface area contributed by atoms with Crippen molar-refractivity contribution < 1.29 is 19.2 Å². The minimum absolute atomic E-state index is 0.144. The zero-order chi connectivity index (χ0) is 23.4. The molecule has 9 nitrogen and oxygen atoms in total. The molecule has 1 unspecified atom stereocenters. The van der Waals surface area contributed by atoms with Gasteiger partial charge >= 0.3 is 6.03 Å². The maximum atomic E-state index is 12.9. The molecule has 1 aromatic rings. The van der Waals surface area contributed by atoms with Crippen LogP contribution in [0.3, 0.4) is 0 Å². The Kier molecular flexibility index (Phi) is 11.1. The van der Waals surface area contributed by atoms with E-state index in [1.165, 1.54) is 6.92 Å². The monoisotopic (exact) mass is 433 g/mol. The predicted octanol–water partition coefficient (Wildman–Crippen LogP) is 1.67. The second-order valence-electron chi connectivity index (χ2n) is 7.81. The number of carbonyl (C=O) groups excluding carboxylic acids is 4. The molecule has 1 aromatic carbocycles. The quantitative estimate of drug-likeness (QED) is 0.320. The molecular formula is C22H35N5O4. The van der Waals surface area contributed by atoms with Crippen molar-refractivity contribution in [1.82, 2.24) is 16.0 Å². The van der Waals surface area contributed by atoms with E-state index in [1.54, 1.807) is 0 Å². The topological polar surface area (TPSA) is 142 Å². The number of nitrogens with two attached hydrogens (primary N) is 1. The van der Waals surface area contributed by atoms with E-state index < -0.39 is 24.0 Å². The number of carbonyl (C=O) groups is 4. The smallest absolute Gasteiger partial charge is 0.312 e. The van der Waals surface area contributed by atoms with Crippen molar-refractivity contribution in [1.29, 1.82) is 0 Å². The summed E-state index contributed by atoms with van der Waals surface area (Å²) in [4.78, 5) is 47.9. The van der Waals surface area contributed by atoms with Gasteiger partial charge in [0.15, 0.2) is 0 Å². The third kappa shape index (κ3) is 9.97. The van der Waals surface area contributed by atoms with Crippen LogP contribution in [0.5, 0.6) is 0 Å². The van der Waals surface area contributed by atoms with E-state index in [2.05, 4.69) is 21.3 Å². The van der Waals surface area contributed by atoms with Crippen molar-refractivity contribution in [2.45, 2.75) is 65.5 Å². The molecule has 1 rings (SSSR count). The van der Waals surface area contributed by atoms with E-state index in [-0.39, 0.29) is 17.7 Å². The molecule has 0 radical (unpaired) electrons. The maximum absolute atomic E-state index is 12.9. The Morgan fingerprint density at radius 1 is 0.968 bits per heavy atom. The molecule has 0 aliphatic heterocycles. The fraction of sp³-hybridized carbons (Fsp3) is 0.545. The van der Waals surface area contributed by atoms with Crippen molar-refractivity contribution in [2.24, 2.45) is 11.7 Å². The molecule has 0 heterocycles. The molecule has 2 atom stereocenters. The first-order valence-electron chi connectivity index (χ1n) is 10.6. The van der Waals surface area contributed by atoms with Crippen LogP contribution in [-0.2, 0) is 20.8 Å². The van der Waals surface area contributed by atoms with Crippen LogP contribution in [0.25, 0.3) is 0 Å². The van der Waals surface area contributed by atoms with Gasteiger partial charge in [0.25, 0.3) is 0 Å². The Morgan fingerprint density at radius 2 is 1.61 bits per heavy atom. The number of hydrogen-bond acceptors (Lipinski definition) is 4. The molecule has 31 heavy (non-hydrogen) atoms. The highest BCUT2D eigenvalue weighted by molar-refractivity contribution is 5.98. The Labute approximate surface area is 183 Å². The molecule has 0 spiro atoms. The number of hydrogen-bond donors (Lipinski definition) is 5. The van der Waals surface area contributed by atoms with Crippen LogP contribution in [0.4, 0.5) is 10.5 Å². The number of benzene rings is 1. The molecule has 0 fully saturated rings. The van der Waals surface area contributed by atoms with Crippen molar-refractivity contribution in [3.05, 3.63) is 29.8 Å². The normalized spacial score (nSPS) is 12.5. The number of nitrogens with one attached hydrogen (secondary N) is 4. The number of primary amides is 1. The van der Waals surface area contributed by atoms with Gasteiger partial charge in [0.05, 0.1) is 0 Å². The molecule has 0 saturated carbocycles. The summed E-state index contributed by atoms with van der Waals surface area (Å²) in [5, 5.41) is 10.7. The molecule has 9 heteroatoms. The molecule has 0 aliphatic carbocycles. The molecule has 172 valence electrons. The van der Waals surface area contributed by atoms with Crippen LogP contribution in [0.2, 0.25) is 0 Å². The van der Waals surface area contributed by atoms with E-state index in [1.807, 2.05) is 45.0 Å². The summed E-state index contributed by atoms with van der Waals surface area (Å²) >= 11 is 0. The summed E-state index contributed by atoms with van der Waals surface area (Å²) in [7, 11) is 0. The van der Waals surface area contributed by atoms with Gasteiger partial charge in [-0.3, -0.25) is 14.4 Å². The first kappa shape index (κ1) is 25.9. The zero-order valence-corrected chi connectivity index (χ0v) is 18.8. The van der Waals surface area contributed by atoms with E-state index >= 15 is 0 Å². The second kappa shape index (κ2) is 13.3. The van der Waals surface area contributed by atoms with Gasteiger partial charge in [-0.05, 0) is 49.3 Å². The van der Waals surface area contributed by atoms with Crippen molar-refractivity contribution >= 4 is 29.4 Å². The summed E-state index contributed by atoms with van der Waals surface area (Å²) in [5.74, 6) is -1.22. The van der Waals surface area contributed by atoms with Crippen LogP contribution in [0.1, 0.15) is 52.5 Å². The van der Waals surface area contributed by atoms with Crippen LogP contribution in [0.15, 0.2) is 24.3 Å². The van der Waals surface area contributed by atoms with Crippen LogP contribution >= 0.6 is 0 Å². The second-order valence-corrected chi connectivity index (χ2v) is 7.81. The van der Waals surface area contributed by atoms with Gasteiger partial charge in [-0.2, -0.15) is 0 Å². The zero-order valence-electron chi connectivity index (χ0n) is 18.8. The lowest BCUT2D eigenvalue weighted by molar-refractivity contribution is -0.131. The van der Waals surface area contributed by atoms with E-state index in [0.29, 0.717) is 31.5 Å². The van der Waals surface area contributed by atoms with Gasteiger partial charge < -0.3 is 27.0 Å². The fourth-order valence-electron chi connectivity index (χ4n) is 3.02. The first-order valence-corrected chi connectivity index (χ1v) is 10.6. The highest BCUT2D eigenvalue weighted by Crippen LogP contribution is 2.12. The summed E-state index contributed by atoms with van der Waals surface area (Å²) in [6.45, 7) is 7.42. The van der Waals surface area contributed by atoms with Gasteiger partial charge in [-0.1, -0.05) is 32.9 Å². The minimum atomic E-state index is -0.790. The van der Waals surface area contributed by atoms with Gasteiger partial charge in [-0.15, -0.1) is 0 Å². The number of amides is 5.